The predicted octanol–water partition coefficient (Wildman–Crippen LogP) is 2.64. The van der Waals surface area contributed by atoms with Gasteiger partial charge >= 0.3 is 0 Å². The highest BCUT2D eigenvalue weighted by molar-refractivity contribution is 5.53. The van der Waals surface area contributed by atoms with E-state index in [1.165, 1.54) is 0 Å². The minimum atomic E-state index is -0.241. The molecule has 3 nitrogen and oxygen atoms in total. The maximum absolute atomic E-state index is 8.96. The van der Waals surface area contributed by atoms with Crippen LogP contribution >= 0.6 is 0 Å². The van der Waals surface area contributed by atoms with Crippen molar-refractivity contribution in [2.24, 2.45) is 0 Å². The Morgan fingerprint density at radius 3 is 2.40 bits per heavy atom. The minimum absolute atomic E-state index is 0.241. The molecule has 1 aromatic rings. The van der Waals surface area contributed by atoms with Crippen LogP contribution in [-0.4, -0.2) is 14.2 Å². The molecular formula is C12H15NO2. The second kappa shape index (κ2) is 4.70. The van der Waals surface area contributed by atoms with Gasteiger partial charge in [0.05, 0.1) is 31.8 Å². The fourth-order valence-corrected chi connectivity index (χ4v) is 1.61. The lowest BCUT2D eigenvalue weighted by Gasteiger charge is -2.16. The van der Waals surface area contributed by atoms with Crippen LogP contribution < -0.4 is 9.47 Å². The van der Waals surface area contributed by atoms with Gasteiger partial charge in [-0.25, -0.2) is 0 Å². The lowest BCUT2D eigenvalue weighted by Crippen LogP contribution is -2.01. The summed E-state index contributed by atoms with van der Waals surface area (Å²) in [6.07, 6.45) is 0. The van der Waals surface area contributed by atoms with Crippen molar-refractivity contribution in [3.63, 3.8) is 0 Å². The van der Waals surface area contributed by atoms with Crippen LogP contribution in [0.15, 0.2) is 12.1 Å². The zero-order valence-corrected chi connectivity index (χ0v) is 9.50. The first-order valence-electron chi connectivity index (χ1n) is 4.76. The van der Waals surface area contributed by atoms with Gasteiger partial charge in [-0.3, -0.25) is 0 Å². The fourth-order valence-electron chi connectivity index (χ4n) is 1.61. The van der Waals surface area contributed by atoms with E-state index in [0.717, 1.165) is 16.9 Å². The van der Waals surface area contributed by atoms with Crippen LogP contribution in [0, 0.1) is 18.3 Å². The molecule has 0 amide bonds. The second-order valence-corrected chi connectivity index (χ2v) is 3.38. The Morgan fingerprint density at radius 2 is 1.93 bits per heavy atom. The average molecular weight is 205 g/mol. The number of methoxy groups -OCH3 is 2. The van der Waals surface area contributed by atoms with Crippen LogP contribution in [0.4, 0.5) is 0 Å². The van der Waals surface area contributed by atoms with Crippen molar-refractivity contribution in [2.75, 3.05) is 14.2 Å². The zero-order chi connectivity index (χ0) is 11.4. The number of rotatable bonds is 3. The van der Waals surface area contributed by atoms with E-state index >= 15 is 0 Å². The largest absolute Gasteiger partial charge is 0.496 e. The molecule has 0 heterocycles. The summed E-state index contributed by atoms with van der Waals surface area (Å²) in [5.74, 6) is 1.20. The van der Waals surface area contributed by atoms with E-state index in [1.54, 1.807) is 14.2 Å². The van der Waals surface area contributed by atoms with Gasteiger partial charge in [0, 0.05) is 0 Å². The van der Waals surface area contributed by atoms with Crippen molar-refractivity contribution in [3.8, 4) is 17.6 Å². The van der Waals surface area contributed by atoms with Crippen LogP contribution in [0.25, 0.3) is 0 Å². The number of hydrogen-bond donors (Lipinski definition) is 0. The topological polar surface area (TPSA) is 42.2 Å². The van der Waals surface area contributed by atoms with E-state index in [2.05, 4.69) is 6.07 Å². The van der Waals surface area contributed by atoms with Gasteiger partial charge in [0.25, 0.3) is 0 Å². The molecule has 0 aliphatic rings. The normalized spacial score (nSPS) is 11.7. The molecule has 0 radical (unpaired) electrons. The van der Waals surface area contributed by atoms with Crippen molar-refractivity contribution < 1.29 is 9.47 Å². The quantitative estimate of drug-likeness (QED) is 0.761. The molecule has 0 saturated carbocycles. The summed E-state index contributed by atoms with van der Waals surface area (Å²) in [6, 6.07) is 5.98. The van der Waals surface area contributed by atoms with Gasteiger partial charge in [-0.15, -0.1) is 0 Å². The highest BCUT2D eigenvalue weighted by Gasteiger charge is 2.18. The first kappa shape index (κ1) is 11.4. The van der Waals surface area contributed by atoms with E-state index in [1.807, 2.05) is 26.0 Å². The third-order valence-corrected chi connectivity index (χ3v) is 2.40. The number of nitrogens with zero attached hydrogens (tertiary/aromatic N) is 1. The van der Waals surface area contributed by atoms with E-state index in [0.29, 0.717) is 5.75 Å². The smallest absolute Gasteiger partial charge is 0.129 e. The number of nitriles is 1. The number of benzene rings is 1. The molecule has 1 atom stereocenters. The Morgan fingerprint density at radius 1 is 1.27 bits per heavy atom. The van der Waals surface area contributed by atoms with Crippen molar-refractivity contribution in [3.05, 3.63) is 23.3 Å². The van der Waals surface area contributed by atoms with Crippen LogP contribution in [-0.2, 0) is 0 Å². The Hall–Kier alpha value is -1.69. The van der Waals surface area contributed by atoms with Gasteiger partial charge in [-0.1, -0.05) is 6.07 Å². The molecule has 0 N–H and O–H groups in total. The number of ether oxygens (including phenoxy) is 2. The maximum atomic E-state index is 8.96. The predicted molar refractivity (Wildman–Crippen MR) is 58.3 cm³/mol. The van der Waals surface area contributed by atoms with Crippen molar-refractivity contribution in [2.45, 2.75) is 19.8 Å². The van der Waals surface area contributed by atoms with Crippen LogP contribution in [0.5, 0.6) is 11.5 Å². The molecule has 0 fully saturated rings. The van der Waals surface area contributed by atoms with E-state index in [4.69, 9.17) is 14.7 Å². The zero-order valence-electron chi connectivity index (χ0n) is 9.50. The van der Waals surface area contributed by atoms with Crippen LogP contribution in [0.2, 0.25) is 0 Å². The van der Waals surface area contributed by atoms with Gasteiger partial charge in [-0.05, 0) is 25.5 Å². The number of hydrogen-bond acceptors (Lipinski definition) is 3. The first-order valence-corrected chi connectivity index (χ1v) is 4.76. The van der Waals surface area contributed by atoms with Crippen molar-refractivity contribution in [1.82, 2.24) is 0 Å². The summed E-state index contributed by atoms with van der Waals surface area (Å²) < 4.78 is 10.5. The lowest BCUT2D eigenvalue weighted by atomic mass is 9.98. The maximum Gasteiger partial charge on any atom is 0.129 e. The highest BCUT2D eigenvalue weighted by atomic mass is 16.5. The van der Waals surface area contributed by atoms with Crippen molar-refractivity contribution >= 4 is 0 Å². The molecule has 15 heavy (non-hydrogen) atoms. The Kier molecular flexibility index (Phi) is 3.56. The lowest BCUT2D eigenvalue weighted by molar-refractivity contribution is 0.382. The molecule has 0 aliphatic heterocycles. The van der Waals surface area contributed by atoms with Gasteiger partial charge < -0.3 is 9.47 Å². The molecule has 1 rings (SSSR count). The molecule has 0 spiro atoms. The summed E-state index contributed by atoms with van der Waals surface area (Å²) in [4.78, 5) is 0. The summed E-state index contributed by atoms with van der Waals surface area (Å²) in [6.45, 7) is 3.78. The molecule has 1 unspecified atom stereocenters. The minimum Gasteiger partial charge on any atom is -0.496 e. The summed E-state index contributed by atoms with van der Waals surface area (Å²) in [7, 11) is 3.20. The molecule has 0 aliphatic carbocycles. The second-order valence-electron chi connectivity index (χ2n) is 3.38. The SMILES string of the molecule is COc1ccc(C)c(OC)c1C(C)C#N. The van der Waals surface area contributed by atoms with Gasteiger partial charge in [-0.2, -0.15) is 5.26 Å². The van der Waals surface area contributed by atoms with Gasteiger partial charge in [0.1, 0.15) is 11.5 Å². The van der Waals surface area contributed by atoms with Gasteiger partial charge in [0.15, 0.2) is 0 Å². The number of aryl methyl sites for hydroxylation is 1. The first-order chi connectivity index (χ1) is 7.15. The molecule has 0 aromatic heterocycles. The molecule has 3 heteroatoms. The van der Waals surface area contributed by atoms with Crippen molar-refractivity contribution in [1.29, 1.82) is 5.26 Å². The van der Waals surface area contributed by atoms with E-state index < -0.39 is 0 Å². The third kappa shape index (κ3) is 2.04. The molecule has 80 valence electrons. The fraction of sp³-hybridized carbons (Fsp3) is 0.417. The van der Waals surface area contributed by atoms with Crippen LogP contribution in [0.3, 0.4) is 0 Å². The van der Waals surface area contributed by atoms with Crippen LogP contribution in [0.1, 0.15) is 24.0 Å². The molecule has 0 saturated heterocycles. The average Bonchev–Trinajstić information content (AvgIpc) is 2.27. The summed E-state index contributed by atoms with van der Waals surface area (Å²) >= 11 is 0. The summed E-state index contributed by atoms with van der Waals surface area (Å²) in [5.41, 5.74) is 1.83. The van der Waals surface area contributed by atoms with E-state index in [-0.39, 0.29) is 5.92 Å². The Labute approximate surface area is 90.2 Å². The molecule has 0 bridgehead atoms. The summed E-state index contributed by atoms with van der Waals surface area (Å²) in [5, 5.41) is 8.96. The standard InChI is InChI=1S/C12H15NO2/c1-8-5-6-10(14-3)11(9(2)7-13)12(8)15-4/h5-6,9H,1-4H3. The third-order valence-electron chi connectivity index (χ3n) is 2.40. The molecule has 1 aromatic carbocycles. The van der Waals surface area contributed by atoms with Gasteiger partial charge in [0.2, 0.25) is 0 Å². The molecular weight excluding hydrogens is 190 g/mol. The highest BCUT2D eigenvalue weighted by Crippen LogP contribution is 2.37. The monoisotopic (exact) mass is 205 g/mol. The van der Waals surface area contributed by atoms with E-state index in [9.17, 15) is 0 Å². The Balaban J connectivity index is 3.41. The Bertz CT molecular complexity index is 393.